The molecule has 3 aromatic rings. The molecule has 0 bridgehead atoms. The number of hydrogen-bond acceptors (Lipinski definition) is 5. The van der Waals surface area contributed by atoms with E-state index >= 15 is 0 Å². The standard InChI is InChI=1S/C21H23ClN4OS/c1-15(21-24-18-8-4-5-9-19(18)28-21)26-12-10-25(11-13-26)14-20(27)23-17-7-3-2-6-16(17)22/h2-9,15H,10-14H2,1H3,(H,23,27). The number of piperazine rings is 1. The number of hydrogen-bond donors (Lipinski definition) is 1. The van der Waals surface area contributed by atoms with Crippen LogP contribution in [0.1, 0.15) is 18.0 Å². The number of amides is 1. The molecule has 0 aliphatic carbocycles. The molecule has 1 aliphatic rings. The van der Waals surface area contributed by atoms with E-state index in [2.05, 4.69) is 40.2 Å². The number of aromatic nitrogens is 1. The van der Waals surface area contributed by atoms with E-state index in [0.29, 0.717) is 17.3 Å². The van der Waals surface area contributed by atoms with E-state index in [1.54, 1.807) is 17.4 Å². The number of thiazole rings is 1. The normalized spacial score (nSPS) is 16.9. The molecule has 146 valence electrons. The molecule has 1 unspecified atom stereocenters. The Balaban J connectivity index is 1.30. The van der Waals surface area contributed by atoms with Crippen LogP contribution in [0.3, 0.4) is 0 Å². The van der Waals surface area contributed by atoms with Crippen LogP contribution >= 0.6 is 22.9 Å². The summed E-state index contributed by atoms with van der Waals surface area (Å²) >= 11 is 7.88. The van der Waals surface area contributed by atoms with E-state index in [9.17, 15) is 4.79 Å². The summed E-state index contributed by atoms with van der Waals surface area (Å²) in [4.78, 5) is 21.8. The topological polar surface area (TPSA) is 48.5 Å². The Hall–Kier alpha value is -1.99. The highest BCUT2D eigenvalue weighted by molar-refractivity contribution is 7.18. The Bertz CT molecular complexity index is 935. The number of carbonyl (C=O) groups excluding carboxylic acids is 1. The van der Waals surface area contributed by atoms with Crippen LogP contribution in [-0.2, 0) is 4.79 Å². The molecule has 1 amide bonds. The van der Waals surface area contributed by atoms with Crippen molar-refractivity contribution in [1.82, 2.24) is 14.8 Å². The molecule has 2 heterocycles. The van der Waals surface area contributed by atoms with Crippen LogP contribution in [0.4, 0.5) is 5.69 Å². The molecular formula is C21H23ClN4OS. The minimum atomic E-state index is -0.0271. The van der Waals surface area contributed by atoms with Crippen LogP contribution in [0.25, 0.3) is 10.2 Å². The second-order valence-corrected chi connectivity index (χ2v) is 8.51. The van der Waals surface area contributed by atoms with Gasteiger partial charge in [0.1, 0.15) is 5.01 Å². The van der Waals surface area contributed by atoms with Crippen LogP contribution < -0.4 is 5.32 Å². The summed E-state index contributed by atoms with van der Waals surface area (Å²) in [6, 6.07) is 15.9. The molecule has 0 spiro atoms. The zero-order chi connectivity index (χ0) is 19.5. The molecular weight excluding hydrogens is 392 g/mol. The molecule has 2 aromatic carbocycles. The van der Waals surface area contributed by atoms with Crippen molar-refractivity contribution in [3.8, 4) is 0 Å². The zero-order valence-electron chi connectivity index (χ0n) is 15.8. The first-order valence-corrected chi connectivity index (χ1v) is 10.7. The van der Waals surface area contributed by atoms with Gasteiger partial charge in [0.25, 0.3) is 0 Å². The highest BCUT2D eigenvalue weighted by atomic mass is 35.5. The summed E-state index contributed by atoms with van der Waals surface area (Å²) in [7, 11) is 0. The predicted molar refractivity (Wildman–Crippen MR) is 116 cm³/mol. The second-order valence-electron chi connectivity index (χ2n) is 7.04. The van der Waals surface area contributed by atoms with E-state index < -0.39 is 0 Å². The lowest BCUT2D eigenvalue weighted by Crippen LogP contribution is -2.49. The van der Waals surface area contributed by atoms with Gasteiger partial charge in [-0.2, -0.15) is 0 Å². The molecule has 7 heteroatoms. The highest BCUT2D eigenvalue weighted by Gasteiger charge is 2.25. The van der Waals surface area contributed by atoms with Gasteiger partial charge < -0.3 is 5.32 Å². The highest BCUT2D eigenvalue weighted by Crippen LogP contribution is 2.30. The van der Waals surface area contributed by atoms with Gasteiger partial charge in [-0.25, -0.2) is 4.98 Å². The van der Waals surface area contributed by atoms with E-state index in [4.69, 9.17) is 16.6 Å². The largest absolute Gasteiger partial charge is 0.324 e. The SMILES string of the molecule is CC(c1nc2ccccc2s1)N1CCN(CC(=O)Nc2ccccc2Cl)CC1. The van der Waals surface area contributed by atoms with Gasteiger partial charge in [0.05, 0.1) is 33.5 Å². The average molecular weight is 415 g/mol. The minimum Gasteiger partial charge on any atom is -0.324 e. The summed E-state index contributed by atoms with van der Waals surface area (Å²) in [5, 5.41) is 4.62. The summed E-state index contributed by atoms with van der Waals surface area (Å²) in [6.45, 7) is 6.19. The molecule has 4 rings (SSSR count). The predicted octanol–water partition coefficient (Wildman–Crippen LogP) is 4.27. The van der Waals surface area contributed by atoms with Gasteiger partial charge in [-0.15, -0.1) is 11.3 Å². The van der Waals surface area contributed by atoms with Crippen molar-refractivity contribution in [3.63, 3.8) is 0 Å². The van der Waals surface area contributed by atoms with Gasteiger partial charge in [0, 0.05) is 26.2 Å². The average Bonchev–Trinajstić information content (AvgIpc) is 3.14. The number of rotatable bonds is 5. The fourth-order valence-electron chi connectivity index (χ4n) is 3.49. The number of fused-ring (bicyclic) bond motifs is 1. The van der Waals surface area contributed by atoms with Crippen molar-refractivity contribution in [1.29, 1.82) is 0 Å². The molecule has 28 heavy (non-hydrogen) atoms. The van der Waals surface area contributed by atoms with Crippen molar-refractivity contribution in [2.45, 2.75) is 13.0 Å². The lowest BCUT2D eigenvalue weighted by Gasteiger charge is -2.37. The van der Waals surface area contributed by atoms with Crippen molar-refractivity contribution in [2.24, 2.45) is 0 Å². The zero-order valence-corrected chi connectivity index (χ0v) is 17.3. The molecule has 1 N–H and O–H groups in total. The molecule has 0 radical (unpaired) electrons. The second kappa shape index (κ2) is 8.57. The lowest BCUT2D eigenvalue weighted by molar-refractivity contribution is -0.117. The Morgan fingerprint density at radius 1 is 1.14 bits per heavy atom. The third-order valence-corrected chi connectivity index (χ3v) is 6.67. The number of halogens is 1. The Kier molecular flexibility index (Phi) is 5.92. The first-order chi connectivity index (χ1) is 13.6. The fourth-order valence-corrected chi connectivity index (χ4v) is 4.73. The van der Waals surface area contributed by atoms with Crippen molar-refractivity contribution in [3.05, 3.63) is 58.6 Å². The molecule has 1 saturated heterocycles. The van der Waals surface area contributed by atoms with E-state index in [1.807, 2.05) is 24.3 Å². The maximum Gasteiger partial charge on any atom is 0.238 e. The van der Waals surface area contributed by atoms with Crippen molar-refractivity contribution in [2.75, 3.05) is 38.0 Å². The van der Waals surface area contributed by atoms with Crippen LogP contribution in [0, 0.1) is 0 Å². The van der Waals surface area contributed by atoms with Crippen LogP contribution in [0.2, 0.25) is 5.02 Å². The van der Waals surface area contributed by atoms with E-state index in [1.165, 1.54) is 4.70 Å². The van der Waals surface area contributed by atoms with Gasteiger partial charge in [-0.3, -0.25) is 14.6 Å². The first kappa shape index (κ1) is 19.3. The van der Waals surface area contributed by atoms with Crippen molar-refractivity contribution < 1.29 is 4.79 Å². The van der Waals surface area contributed by atoms with Gasteiger partial charge in [0.2, 0.25) is 5.91 Å². The molecule has 1 aromatic heterocycles. The molecule has 1 fully saturated rings. The van der Waals surface area contributed by atoms with Crippen LogP contribution in [0.5, 0.6) is 0 Å². The quantitative estimate of drug-likeness (QED) is 0.677. The van der Waals surface area contributed by atoms with Gasteiger partial charge >= 0.3 is 0 Å². The fraction of sp³-hybridized carbons (Fsp3) is 0.333. The monoisotopic (exact) mass is 414 g/mol. The Morgan fingerprint density at radius 3 is 2.61 bits per heavy atom. The Morgan fingerprint density at radius 2 is 1.86 bits per heavy atom. The number of nitrogens with one attached hydrogen (secondary N) is 1. The lowest BCUT2D eigenvalue weighted by atomic mass is 10.2. The maximum atomic E-state index is 12.3. The van der Waals surface area contributed by atoms with Crippen LogP contribution in [0.15, 0.2) is 48.5 Å². The minimum absolute atomic E-state index is 0.0271. The molecule has 1 atom stereocenters. The third kappa shape index (κ3) is 4.36. The summed E-state index contributed by atoms with van der Waals surface area (Å²) in [5.41, 5.74) is 1.74. The molecule has 5 nitrogen and oxygen atoms in total. The van der Waals surface area contributed by atoms with E-state index in [-0.39, 0.29) is 11.9 Å². The number of para-hydroxylation sites is 2. The van der Waals surface area contributed by atoms with Crippen molar-refractivity contribution >= 4 is 44.7 Å². The first-order valence-electron chi connectivity index (χ1n) is 9.46. The van der Waals surface area contributed by atoms with E-state index in [0.717, 1.165) is 36.7 Å². The van der Waals surface area contributed by atoms with Crippen LogP contribution in [-0.4, -0.2) is 53.4 Å². The summed E-state index contributed by atoms with van der Waals surface area (Å²) < 4.78 is 1.24. The third-order valence-electron chi connectivity index (χ3n) is 5.14. The summed E-state index contributed by atoms with van der Waals surface area (Å²) in [6.07, 6.45) is 0. The van der Waals surface area contributed by atoms with Gasteiger partial charge in [-0.1, -0.05) is 35.9 Å². The summed E-state index contributed by atoms with van der Waals surface area (Å²) in [5.74, 6) is -0.0271. The molecule has 0 saturated carbocycles. The van der Waals surface area contributed by atoms with Gasteiger partial charge in [-0.05, 0) is 31.2 Å². The maximum absolute atomic E-state index is 12.3. The van der Waals surface area contributed by atoms with Gasteiger partial charge in [0.15, 0.2) is 0 Å². The number of carbonyl (C=O) groups is 1. The number of nitrogens with zero attached hydrogens (tertiary/aromatic N) is 3. The number of benzene rings is 2. The number of anilines is 1. The Labute approximate surface area is 173 Å². The smallest absolute Gasteiger partial charge is 0.238 e. The molecule has 1 aliphatic heterocycles.